The molecule has 0 atom stereocenters. The van der Waals surface area contributed by atoms with E-state index in [9.17, 15) is 0 Å². The van der Waals surface area contributed by atoms with Gasteiger partial charge in [0.05, 0.1) is 6.61 Å². The van der Waals surface area contributed by atoms with E-state index >= 15 is 0 Å². The Balaban J connectivity index is 1.74. The minimum Gasteiger partial charge on any atom is -0.493 e. The largest absolute Gasteiger partial charge is 0.493 e. The second-order valence-corrected chi connectivity index (χ2v) is 6.15. The minimum atomic E-state index is 0.719. The number of thiazole rings is 1. The molecule has 4 heteroatoms. The fourth-order valence-electron chi connectivity index (χ4n) is 1.54. The van der Waals surface area contributed by atoms with Gasteiger partial charge in [0.1, 0.15) is 10.1 Å². The van der Waals surface area contributed by atoms with Crippen LogP contribution in [0.5, 0.6) is 5.75 Å². The first-order valence-corrected chi connectivity index (χ1v) is 7.91. The second kappa shape index (κ2) is 6.81. The summed E-state index contributed by atoms with van der Waals surface area (Å²) in [5.74, 6) is 1.90. The summed E-state index contributed by atoms with van der Waals surface area (Å²) in [6.45, 7) is 4.89. The Kier molecular flexibility index (Phi) is 5.08. The average molecular weight is 279 g/mol. The first-order valence-electron chi connectivity index (χ1n) is 6.04. The van der Waals surface area contributed by atoms with E-state index in [1.165, 1.54) is 5.56 Å². The SMILES string of the molecule is CCc1cccc(OCCSc2nc(C)cs2)c1. The van der Waals surface area contributed by atoms with Crippen molar-refractivity contribution >= 4 is 23.1 Å². The number of hydrogen-bond donors (Lipinski definition) is 0. The molecule has 0 N–H and O–H groups in total. The van der Waals surface area contributed by atoms with Crippen molar-refractivity contribution < 1.29 is 4.74 Å². The predicted octanol–water partition coefficient (Wildman–Crippen LogP) is 4.19. The van der Waals surface area contributed by atoms with Crippen molar-refractivity contribution in [2.45, 2.75) is 24.6 Å². The van der Waals surface area contributed by atoms with Crippen molar-refractivity contribution in [3.05, 3.63) is 40.9 Å². The molecule has 0 bridgehead atoms. The lowest BCUT2D eigenvalue weighted by Crippen LogP contribution is -2.00. The standard InChI is InChI=1S/C14H17NOS2/c1-3-12-5-4-6-13(9-12)16-7-8-17-14-15-11(2)10-18-14/h4-6,9-10H,3,7-8H2,1-2H3. The molecule has 2 nitrogen and oxygen atoms in total. The number of nitrogens with zero attached hydrogens (tertiary/aromatic N) is 1. The van der Waals surface area contributed by atoms with E-state index in [4.69, 9.17) is 4.74 Å². The molecule has 0 radical (unpaired) electrons. The van der Waals surface area contributed by atoms with Crippen molar-refractivity contribution in [2.24, 2.45) is 0 Å². The molecular weight excluding hydrogens is 262 g/mol. The van der Waals surface area contributed by atoms with Gasteiger partial charge in [-0.25, -0.2) is 4.98 Å². The molecule has 2 aromatic rings. The maximum absolute atomic E-state index is 5.73. The number of aryl methyl sites for hydroxylation is 2. The molecule has 0 saturated carbocycles. The van der Waals surface area contributed by atoms with Gasteiger partial charge in [0, 0.05) is 16.8 Å². The Bertz CT molecular complexity index is 496. The lowest BCUT2D eigenvalue weighted by atomic mass is 10.2. The zero-order valence-corrected chi connectivity index (χ0v) is 12.3. The molecule has 0 saturated heterocycles. The van der Waals surface area contributed by atoms with Gasteiger partial charge in [0.15, 0.2) is 0 Å². The van der Waals surface area contributed by atoms with Gasteiger partial charge in [-0.2, -0.15) is 0 Å². The number of hydrogen-bond acceptors (Lipinski definition) is 4. The first kappa shape index (κ1) is 13.4. The zero-order chi connectivity index (χ0) is 12.8. The summed E-state index contributed by atoms with van der Waals surface area (Å²) >= 11 is 3.45. The summed E-state index contributed by atoms with van der Waals surface area (Å²) < 4.78 is 6.86. The van der Waals surface area contributed by atoms with Crippen molar-refractivity contribution in [1.82, 2.24) is 4.98 Å². The molecule has 0 unspecified atom stereocenters. The van der Waals surface area contributed by atoms with E-state index in [1.807, 2.05) is 19.1 Å². The summed E-state index contributed by atoms with van der Waals surface area (Å²) in [4.78, 5) is 4.41. The topological polar surface area (TPSA) is 22.1 Å². The fourth-order valence-corrected chi connectivity index (χ4v) is 3.28. The lowest BCUT2D eigenvalue weighted by molar-refractivity contribution is 0.343. The number of ether oxygens (including phenoxy) is 1. The van der Waals surface area contributed by atoms with Gasteiger partial charge in [0.25, 0.3) is 0 Å². The molecular formula is C14H17NOS2. The molecule has 0 amide bonds. The maximum atomic E-state index is 5.73. The maximum Gasteiger partial charge on any atom is 0.150 e. The Morgan fingerprint density at radius 1 is 1.39 bits per heavy atom. The molecule has 0 fully saturated rings. The highest BCUT2D eigenvalue weighted by Crippen LogP contribution is 2.22. The van der Waals surface area contributed by atoms with Crippen LogP contribution >= 0.6 is 23.1 Å². The third-order valence-corrected chi connectivity index (χ3v) is 4.59. The highest BCUT2D eigenvalue weighted by molar-refractivity contribution is 8.01. The van der Waals surface area contributed by atoms with Gasteiger partial charge in [0.2, 0.25) is 0 Å². The van der Waals surface area contributed by atoms with Crippen LogP contribution in [0, 0.1) is 6.92 Å². The molecule has 96 valence electrons. The van der Waals surface area contributed by atoms with Crippen LogP contribution in [-0.4, -0.2) is 17.3 Å². The van der Waals surface area contributed by atoms with Crippen molar-refractivity contribution in [3.63, 3.8) is 0 Å². The van der Waals surface area contributed by atoms with Crippen LogP contribution in [0.2, 0.25) is 0 Å². The summed E-state index contributed by atoms with van der Waals surface area (Å²) in [5.41, 5.74) is 2.41. The Morgan fingerprint density at radius 2 is 2.28 bits per heavy atom. The van der Waals surface area contributed by atoms with E-state index in [1.54, 1.807) is 23.1 Å². The highest BCUT2D eigenvalue weighted by atomic mass is 32.2. The Hall–Kier alpha value is -1.00. The monoisotopic (exact) mass is 279 g/mol. The Morgan fingerprint density at radius 3 is 3.00 bits per heavy atom. The van der Waals surface area contributed by atoms with Crippen LogP contribution in [0.4, 0.5) is 0 Å². The summed E-state index contributed by atoms with van der Waals surface area (Å²) in [5, 5.41) is 2.08. The molecule has 0 aliphatic heterocycles. The van der Waals surface area contributed by atoms with Crippen LogP contribution in [0.15, 0.2) is 34.0 Å². The molecule has 2 rings (SSSR count). The van der Waals surface area contributed by atoms with Crippen LogP contribution < -0.4 is 4.74 Å². The lowest BCUT2D eigenvalue weighted by Gasteiger charge is -2.06. The number of benzene rings is 1. The van der Waals surface area contributed by atoms with Crippen LogP contribution in [0.1, 0.15) is 18.2 Å². The van der Waals surface area contributed by atoms with Crippen molar-refractivity contribution in [1.29, 1.82) is 0 Å². The first-order chi connectivity index (χ1) is 8.78. The molecule has 18 heavy (non-hydrogen) atoms. The normalized spacial score (nSPS) is 10.6. The number of rotatable bonds is 6. The molecule has 0 spiro atoms. The van der Waals surface area contributed by atoms with Crippen LogP contribution in [0.25, 0.3) is 0 Å². The van der Waals surface area contributed by atoms with Gasteiger partial charge in [-0.1, -0.05) is 30.8 Å². The molecule has 1 aromatic heterocycles. The van der Waals surface area contributed by atoms with Crippen LogP contribution in [-0.2, 0) is 6.42 Å². The number of thioether (sulfide) groups is 1. The molecule has 0 aliphatic rings. The fraction of sp³-hybridized carbons (Fsp3) is 0.357. The molecule has 1 heterocycles. The summed E-state index contributed by atoms with van der Waals surface area (Å²) in [6, 6.07) is 8.29. The smallest absolute Gasteiger partial charge is 0.150 e. The average Bonchev–Trinajstić information content (AvgIpc) is 2.81. The van der Waals surface area contributed by atoms with Gasteiger partial charge in [-0.05, 0) is 31.0 Å². The van der Waals surface area contributed by atoms with E-state index < -0.39 is 0 Å². The van der Waals surface area contributed by atoms with Crippen LogP contribution in [0.3, 0.4) is 0 Å². The quantitative estimate of drug-likeness (QED) is 0.585. The van der Waals surface area contributed by atoms with Gasteiger partial charge < -0.3 is 4.74 Å². The van der Waals surface area contributed by atoms with E-state index in [-0.39, 0.29) is 0 Å². The van der Waals surface area contributed by atoms with Gasteiger partial charge in [-0.15, -0.1) is 11.3 Å². The summed E-state index contributed by atoms with van der Waals surface area (Å²) in [7, 11) is 0. The van der Waals surface area contributed by atoms with E-state index in [0.29, 0.717) is 0 Å². The van der Waals surface area contributed by atoms with Gasteiger partial charge in [-0.3, -0.25) is 0 Å². The third kappa shape index (κ3) is 4.03. The van der Waals surface area contributed by atoms with Crippen molar-refractivity contribution in [2.75, 3.05) is 12.4 Å². The molecule has 1 aromatic carbocycles. The highest BCUT2D eigenvalue weighted by Gasteiger charge is 2.00. The van der Waals surface area contributed by atoms with Crippen molar-refractivity contribution in [3.8, 4) is 5.75 Å². The molecule has 0 aliphatic carbocycles. The zero-order valence-electron chi connectivity index (χ0n) is 10.7. The van der Waals surface area contributed by atoms with Gasteiger partial charge >= 0.3 is 0 Å². The number of aromatic nitrogens is 1. The van der Waals surface area contributed by atoms with E-state index in [2.05, 4.69) is 29.4 Å². The third-order valence-electron chi connectivity index (χ3n) is 2.48. The van der Waals surface area contributed by atoms with E-state index in [0.717, 1.165) is 34.6 Å². The minimum absolute atomic E-state index is 0.719. The Labute approximate surface area is 116 Å². The summed E-state index contributed by atoms with van der Waals surface area (Å²) in [6.07, 6.45) is 1.05. The second-order valence-electron chi connectivity index (χ2n) is 3.95. The predicted molar refractivity (Wildman–Crippen MR) is 78.9 cm³/mol.